The van der Waals surface area contributed by atoms with Gasteiger partial charge in [-0.1, -0.05) is 18.2 Å². The molecule has 0 aliphatic rings. The number of nitrogens with zero attached hydrogens (tertiary/aromatic N) is 1. The Morgan fingerprint density at radius 2 is 1.79 bits per heavy atom. The zero-order valence-corrected chi connectivity index (χ0v) is 15.2. The van der Waals surface area contributed by atoms with Crippen molar-refractivity contribution in [3.8, 4) is 0 Å². The Balaban J connectivity index is 2.06. The van der Waals surface area contributed by atoms with Crippen molar-refractivity contribution in [3.63, 3.8) is 0 Å². The van der Waals surface area contributed by atoms with Crippen LogP contribution < -0.4 is 22.1 Å². The molecule has 0 radical (unpaired) electrons. The fourth-order valence-electron chi connectivity index (χ4n) is 2.47. The van der Waals surface area contributed by atoms with Gasteiger partial charge in [-0.2, -0.15) is 0 Å². The number of nitrogens with one attached hydrogen (secondary N) is 2. The molecule has 0 spiro atoms. The summed E-state index contributed by atoms with van der Waals surface area (Å²) in [4.78, 5) is 38.6. The Kier molecular flexibility index (Phi) is 6.69. The second-order valence-corrected chi connectivity index (χ2v) is 6.03. The van der Waals surface area contributed by atoms with Gasteiger partial charge in [0.05, 0.1) is 5.69 Å². The molecule has 9 heteroatoms. The van der Waals surface area contributed by atoms with E-state index >= 15 is 0 Å². The number of amides is 2. The monoisotopic (exact) mass is 383 g/mol. The zero-order valence-electron chi connectivity index (χ0n) is 15.2. The van der Waals surface area contributed by atoms with Crippen LogP contribution in [0.4, 0.5) is 11.4 Å². The lowest BCUT2D eigenvalue weighted by Crippen LogP contribution is -2.41. The summed E-state index contributed by atoms with van der Waals surface area (Å²) in [7, 11) is 0. The van der Waals surface area contributed by atoms with Crippen molar-refractivity contribution in [3.05, 3.63) is 59.7 Å². The summed E-state index contributed by atoms with van der Waals surface area (Å²) in [6, 6.07) is 12.2. The summed E-state index contributed by atoms with van der Waals surface area (Å²) < 4.78 is 0. The third kappa shape index (κ3) is 6.13. The van der Waals surface area contributed by atoms with E-state index in [1.165, 1.54) is 6.92 Å². The van der Waals surface area contributed by atoms with Crippen LogP contribution in [0.2, 0.25) is 0 Å². The average Bonchev–Trinajstić information content (AvgIpc) is 2.62. The number of nitrogens with two attached hydrogens (primary N) is 2. The van der Waals surface area contributed by atoms with Gasteiger partial charge in [0.2, 0.25) is 5.91 Å². The fraction of sp³-hybridized carbons (Fsp3) is 0.158. The standard InChI is InChI=1S/C19H21N5O4/c1-11(25)22-16(18(27)28)9-12-5-7-14(8-6-12)23-17(26)13-3-2-4-15(10-13)24-19(20)21/h2-8,10,16H,9H2,1H3,(H,22,25)(H,23,26)(H,27,28)(H4,20,21,24)/t16-/m0/s1. The molecule has 0 aliphatic carbocycles. The normalized spacial score (nSPS) is 11.2. The van der Waals surface area contributed by atoms with Crippen LogP contribution in [0.3, 0.4) is 0 Å². The maximum absolute atomic E-state index is 12.4. The largest absolute Gasteiger partial charge is 0.480 e. The van der Waals surface area contributed by atoms with Gasteiger partial charge in [-0.15, -0.1) is 0 Å². The molecule has 0 saturated carbocycles. The van der Waals surface area contributed by atoms with Crippen LogP contribution in [0.25, 0.3) is 0 Å². The number of aliphatic carboxylic acids is 1. The van der Waals surface area contributed by atoms with Gasteiger partial charge in [0, 0.05) is 24.6 Å². The van der Waals surface area contributed by atoms with Crippen LogP contribution >= 0.6 is 0 Å². The van der Waals surface area contributed by atoms with E-state index in [0.717, 1.165) is 0 Å². The van der Waals surface area contributed by atoms with Crippen LogP contribution in [0.5, 0.6) is 0 Å². The van der Waals surface area contributed by atoms with Gasteiger partial charge in [0.1, 0.15) is 6.04 Å². The minimum atomic E-state index is -1.12. The molecule has 0 aliphatic heterocycles. The molecule has 146 valence electrons. The molecule has 2 rings (SSSR count). The Labute approximate surface area is 161 Å². The summed E-state index contributed by atoms with van der Waals surface area (Å²) in [6.45, 7) is 1.26. The molecule has 0 bridgehead atoms. The van der Waals surface area contributed by atoms with Crippen molar-refractivity contribution in [2.24, 2.45) is 16.5 Å². The van der Waals surface area contributed by atoms with Gasteiger partial charge in [-0.25, -0.2) is 9.79 Å². The van der Waals surface area contributed by atoms with E-state index in [1.807, 2.05) is 0 Å². The van der Waals surface area contributed by atoms with Gasteiger partial charge < -0.3 is 27.2 Å². The predicted octanol–water partition coefficient (Wildman–Crippen LogP) is 0.976. The minimum absolute atomic E-state index is 0.105. The number of aliphatic imine (C=N–C) groups is 1. The summed E-state index contributed by atoms with van der Waals surface area (Å²) in [6.07, 6.45) is 0.129. The van der Waals surface area contributed by atoms with Crippen molar-refractivity contribution in [2.45, 2.75) is 19.4 Å². The summed E-state index contributed by atoms with van der Waals surface area (Å²) >= 11 is 0. The van der Waals surface area contributed by atoms with Crippen LogP contribution in [0.1, 0.15) is 22.8 Å². The van der Waals surface area contributed by atoms with E-state index in [9.17, 15) is 14.4 Å². The van der Waals surface area contributed by atoms with Crippen molar-refractivity contribution in [1.29, 1.82) is 0 Å². The molecule has 0 unspecified atom stereocenters. The van der Waals surface area contributed by atoms with E-state index in [4.69, 9.17) is 16.6 Å². The summed E-state index contributed by atoms with van der Waals surface area (Å²) in [5, 5.41) is 14.3. The Morgan fingerprint density at radius 3 is 2.36 bits per heavy atom. The first-order chi connectivity index (χ1) is 13.2. The number of carbonyl (C=O) groups is 3. The van der Waals surface area contributed by atoms with Gasteiger partial charge >= 0.3 is 5.97 Å². The molecule has 0 heterocycles. The first-order valence-electron chi connectivity index (χ1n) is 8.34. The molecule has 2 aromatic rings. The maximum Gasteiger partial charge on any atom is 0.326 e. The second kappa shape index (κ2) is 9.17. The number of hydrogen-bond donors (Lipinski definition) is 5. The van der Waals surface area contributed by atoms with Gasteiger partial charge in [0.15, 0.2) is 5.96 Å². The smallest absolute Gasteiger partial charge is 0.326 e. The van der Waals surface area contributed by atoms with Crippen molar-refractivity contribution in [2.75, 3.05) is 5.32 Å². The van der Waals surface area contributed by atoms with E-state index < -0.39 is 17.9 Å². The van der Waals surface area contributed by atoms with Crippen molar-refractivity contribution < 1.29 is 19.5 Å². The third-order valence-electron chi connectivity index (χ3n) is 3.69. The fourth-order valence-corrected chi connectivity index (χ4v) is 2.47. The summed E-state index contributed by atoms with van der Waals surface area (Å²) in [5.41, 5.74) is 12.7. The number of anilines is 1. The SMILES string of the molecule is CC(=O)N[C@@H](Cc1ccc(NC(=O)c2cccc(N=C(N)N)c2)cc1)C(=O)O. The van der Waals surface area contributed by atoms with E-state index in [-0.39, 0.29) is 18.3 Å². The highest BCUT2D eigenvalue weighted by atomic mass is 16.4. The number of carboxylic acids is 1. The molecule has 0 saturated heterocycles. The van der Waals surface area contributed by atoms with E-state index in [0.29, 0.717) is 22.5 Å². The van der Waals surface area contributed by atoms with Crippen LogP contribution in [-0.2, 0) is 16.0 Å². The lowest BCUT2D eigenvalue weighted by molar-refractivity contribution is -0.141. The van der Waals surface area contributed by atoms with Crippen molar-refractivity contribution in [1.82, 2.24) is 5.32 Å². The quantitative estimate of drug-likeness (QED) is 0.354. The van der Waals surface area contributed by atoms with Crippen LogP contribution in [0, 0.1) is 0 Å². The molecule has 0 fully saturated rings. The molecular formula is C19H21N5O4. The maximum atomic E-state index is 12.4. The first kappa shape index (κ1) is 20.4. The van der Waals surface area contributed by atoms with Crippen LogP contribution in [0.15, 0.2) is 53.5 Å². The van der Waals surface area contributed by atoms with Gasteiger partial charge in [-0.3, -0.25) is 9.59 Å². The second-order valence-electron chi connectivity index (χ2n) is 6.03. The predicted molar refractivity (Wildman–Crippen MR) is 105 cm³/mol. The highest BCUT2D eigenvalue weighted by Crippen LogP contribution is 2.17. The number of rotatable bonds is 7. The lowest BCUT2D eigenvalue weighted by Gasteiger charge is -2.13. The molecule has 9 nitrogen and oxygen atoms in total. The lowest BCUT2D eigenvalue weighted by atomic mass is 10.1. The van der Waals surface area contributed by atoms with Gasteiger partial charge in [-0.05, 0) is 35.9 Å². The first-order valence-corrected chi connectivity index (χ1v) is 8.34. The third-order valence-corrected chi connectivity index (χ3v) is 3.69. The van der Waals surface area contributed by atoms with Crippen molar-refractivity contribution >= 4 is 35.1 Å². The number of hydrogen-bond acceptors (Lipinski definition) is 4. The number of guanidine groups is 1. The molecule has 1 atom stereocenters. The highest BCUT2D eigenvalue weighted by molar-refractivity contribution is 6.04. The molecule has 7 N–H and O–H groups in total. The van der Waals surface area contributed by atoms with Gasteiger partial charge in [0.25, 0.3) is 5.91 Å². The highest BCUT2D eigenvalue weighted by Gasteiger charge is 2.18. The van der Waals surface area contributed by atoms with E-state index in [1.54, 1.807) is 48.5 Å². The topological polar surface area (TPSA) is 160 Å². The molecule has 28 heavy (non-hydrogen) atoms. The summed E-state index contributed by atoms with van der Waals surface area (Å²) in [5.74, 6) is -1.98. The molecular weight excluding hydrogens is 362 g/mol. The molecule has 2 aromatic carbocycles. The minimum Gasteiger partial charge on any atom is -0.480 e. The number of benzene rings is 2. The molecule has 2 amide bonds. The number of carbonyl (C=O) groups excluding carboxylic acids is 2. The number of carboxylic acid groups (broad SMARTS) is 1. The van der Waals surface area contributed by atoms with E-state index in [2.05, 4.69) is 15.6 Å². The Hall–Kier alpha value is -3.88. The Morgan fingerprint density at radius 1 is 1.11 bits per heavy atom. The average molecular weight is 383 g/mol. The zero-order chi connectivity index (χ0) is 20.7. The van der Waals surface area contributed by atoms with Crippen LogP contribution in [-0.4, -0.2) is 34.9 Å². The Bertz CT molecular complexity index is 905. The molecule has 0 aromatic heterocycles.